The van der Waals surface area contributed by atoms with Crippen LogP contribution in [0.15, 0.2) is 0 Å². The Morgan fingerprint density at radius 1 is 1.06 bits per heavy atom. The smallest absolute Gasteiger partial charge is 0.131 e. The van der Waals surface area contributed by atoms with Gasteiger partial charge in [-0.05, 0) is 6.92 Å². The molecule has 2 N–H and O–H groups in total. The van der Waals surface area contributed by atoms with E-state index in [1.165, 1.54) is 0 Å². The van der Waals surface area contributed by atoms with Gasteiger partial charge >= 0.3 is 0 Å². The second-order valence-electron chi connectivity index (χ2n) is 4.62. The highest BCUT2D eigenvalue weighted by Crippen LogP contribution is 2.02. The van der Waals surface area contributed by atoms with Crippen LogP contribution in [0.1, 0.15) is 13.3 Å². The molecule has 1 rings (SSSR count). The minimum atomic E-state index is 0.271. The lowest BCUT2D eigenvalue weighted by Gasteiger charge is -2.34. The van der Waals surface area contributed by atoms with E-state index in [0.29, 0.717) is 19.6 Å². The number of Topliss-reactive ketones (excluding diaryl/α,β-unsaturated/α-hetero) is 1. The van der Waals surface area contributed by atoms with Gasteiger partial charge in [0.25, 0.3) is 0 Å². The summed E-state index contributed by atoms with van der Waals surface area (Å²) in [5, 5.41) is 0. The van der Waals surface area contributed by atoms with Crippen molar-refractivity contribution in [1.82, 2.24) is 9.80 Å². The van der Waals surface area contributed by atoms with Crippen molar-refractivity contribution in [1.29, 1.82) is 0 Å². The number of hydrogen-bond acceptors (Lipinski definition) is 6. The van der Waals surface area contributed by atoms with Gasteiger partial charge in [0.05, 0.1) is 19.8 Å². The Kier molecular flexibility index (Phi) is 8.11. The fraction of sp³-hybridized carbons (Fsp3) is 0.917. The minimum absolute atomic E-state index is 0.271. The summed E-state index contributed by atoms with van der Waals surface area (Å²) in [7, 11) is 0. The van der Waals surface area contributed by atoms with Gasteiger partial charge in [0.15, 0.2) is 0 Å². The van der Waals surface area contributed by atoms with E-state index in [4.69, 9.17) is 10.6 Å². The fourth-order valence-electron chi connectivity index (χ4n) is 1.95. The lowest BCUT2D eigenvalue weighted by molar-refractivity contribution is -0.117. The van der Waals surface area contributed by atoms with Gasteiger partial charge in [0.1, 0.15) is 5.78 Å². The SMILES string of the molecule is CC(=O)CCN1CCN(CCOCCON)CC1. The third-order valence-corrected chi connectivity index (χ3v) is 3.14. The van der Waals surface area contributed by atoms with Crippen LogP contribution in [-0.4, -0.2) is 74.7 Å². The molecule has 0 amide bonds. The first-order chi connectivity index (χ1) is 8.72. The van der Waals surface area contributed by atoms with Crippen molar-refractivity contribution in [2.45, 2.75) is 13.3 Å². The summed E-state index contributed by atoms with van der Waals surface area (Å²) in [6, 6.07) is 0. The van der Waals surface area contributed by atoms with Crippen LogP contribution < -0.4 is 5.90 Å². The zero-order valence-electron chi connectivity index (χ0n) is 11.3. The van der Waals surface area contributed by atoms with Gasteiger partial charge in [-0.2, -0.15) is 0 Å². The number of rotatable bonds is 9. The largest absolute Gasteiger partial charge is 0.378 e. The molecule has 0 saturated carbocycles. The van der Waals surface area contributed by atoms with E-state index in [-0.39, 0.29) is 5.78 Å². The van der Waals surface area contributed by atoms with Crippen LogP contribution in [0, 0.1) is 0 Å². The summed E-state index contributed by atoms with van der Waals surface area (Å²) in [5.74, 6) is 5.17. The molecule has 0 aliphatic carbocycles. The number of hydrogen-bond donors (Lipinski definition) is 1. The summed E-state index contributed by atoms with van der Waals surface area (Å²) in [6.07, 6.45) is 0.669. The van der Waals surface area contributed by atoms with Gasteiger partial charge in [-0.15, -0.1) is 0 Å². The Hall–Kier alpha value is -0.530. The Bertz CT molecular complexity index is 231. The zero-order chi connectivity index (χ0) is 13.2. The molecule has 18 heavy (non-hydrogen) atoms. The number of piperazine rings is 1. The van der Waals surface area contributed by atoms with Gasteiger partial charge in [-0.1, -0.05) is 0 Å². The third kappa shape index (κ3) is 7.03. The van der Waals surface area contributed by atoms with Crippen LogP contribution in [0.25, 0.3) is 0 Å². The Morgan fingerprint density at radius 3 is 2.22 bits per heavy atom. The first-order valence-corrected chi connectivity index (χ1v) is 6.56. The zero-order valence-corrected chi connectivity index (χ0v) is 11.3. The molecule has 1 aliphatic rings. The average molecular weight is 259 g/mol. The minimum Gasteiger partial charge on any atom is -0.378 e. The maximum Gasteiger partial charge on any atom is 0.131 e. The van der Waals surface area contributed by atoms with E-state index in [1.807, 2.05) is 0 Å². The van der Waals surface area contributed by atoms with Crippen molar-refractivity contribution in [3.63, 3.8) is 0 Å². The first-order valence-electron chi connectivity index (χ1n) is 6.56. The van der Waals surface area contributed by atoms with Crippen LogP contribution >= 0.6 is 0 Å². The molecular formula is C12H25N3O3. The summed E-state index contributed by atoms with van der Waals surface area (Å²) >= 11 is 0. The van der Waals surface area contributed by atoms with E-state index in [9.17, 15) is 4.79 Å². The van der Waals surface area contributed by atoms with Crippen molar-refractivity contribution < 1.29 is 14.4 Å². The molecule has 0 atom stereocenters. The van der Waals surface area contributed by atoms with E-state index in [0.717, 1.165) is 45.9 Å². The van der Waals surface area contributed by atoms with Crippen LogP contribution in [0.3, 0.4) is 0 Å². The fourth-order valence-corrected chi connectivity index (χ4v) is 1.95. The molecule has 0 aromatic carbocycles. The van der Waals surface area contributed by atoms with Gasteiger partial charge in [-0.3, -0.25) is 9.69 Å². The lowest BCUT2D eigenvalue weighted by atomic mass is 10.2. The Morgan fingerprint density at radius 2 is 1.67 bits per heavy atom. The van der Waals surface area contributed by atoms with Crippen LogP contribution in [0.2, 0.25) is 0 Å². The van der Waals surface area contributed by atoms with Crippen molar-refractivity contribution in [3.05, 3.63) is 0 Å². The van der Waals surface area contributed by atoms with E-state index in [1.54, 1.807) is 6.92 Å². The van der Waals surface area contributed by atoms with Crippen LogP contribution in [0.5, 0.6) is 0 Å². The molecule has 6 nitrogen and oxygen atoms in total. The molecule has 1 fully saturated rings. The molecule has 1 saturated heterocycles. The third-order valence-electron chi connectivity index (χ3n) is 3.14. The molecule has 6 heteroatoms. The second-order valence-corrected chi connectivity index (χ2v) is 4.62. The number of carbonyl (C=O) groups excluding carboxylic acids is 1. The second kappa shape index (κ2) is 9.41. The number of ether oxygens (including phenoxy) is 1. The summed E-state index contributed by atoms with van der Waals surface area (Å²) < 4.78 is 5.38. The molecule has 1 aliphatic heterocycles. The molecular weight excluding hydrogens is 234 g/mol. The molecule has 0 spiro atoms. The van der Waals surface area contributed by atoms with Crippen molar-refractivity contribution >= 4 is 5.78 Å². The normalized spacial score (nSPS) is 18.1. The van der Waals surface area contributed by atoms with Crippen molar-refractivity contribution in [2.24, 2.45) is 5.90 Å². The highest BCUT2D eigenvalue weighted by molar-refractivity contribution is 5.75. The number of nitrogens with zero attached hydrogens (tertiary/aromatic N) is 2. The molecule has 0 aromatic heterocycles. The Balaban J connectivity index is 1.99. The molecule has 0 bridgehead atoms. The summed E-state index contributed by atoms with van der Waals surface area (Å²) in [6.45, 7) is 9.39. The van der Waals surface area contributed by atoms with E-state index in [2.05, 4.69) is 14.6 Å². The Labute approximate surface area is 109 Å². The highest BCUT2D eigenvalue weighted by atomic mass is 16.6. The van der Waals surface area contributed by atoms with Gasteiger partial charge < -0.3 is 14.5 Å². The predicted octanol–water partition coefficient (Wildman–Crippen LogP) is -0.510. The monoisotopic (exact) mass is 259 g/mol. The van der Waals surface area contributed by atoms with Crippen molar-refractivity contribution in [3.8, 4) is 0 Å². The predicted molar refractivity (Wildman–Crippen MR) is 69.1 cm³/mol. The summed E-state index contributed by atoms with van der Waals surface area (Å²) in [5.41, 5.74) is 0. The number of ketones is 1. The van der Waals surface area contributed by atoms with E-state index < -0.39 is 0 Å². The molecule has 0 radical (unpaired) electrons. The maximum absolute atomic E-state index is 10.9. The average Bonchev–Trinajstić information content (AvgIpc) is 2.37. The topological polar surface area (TPSA) is 68.0 Å². The summed E-state index contributed by atoms with van der Waals surface area (Å²) in [4.78, 5) is 20.1. The highest BCUT2D eigenvalue weighted by Gasteiger charge is 2.16. The van der Waals surface area contributed by atoms with E-state index >= 15 is 0 Å². The van der Waals surface area contributed by atoms with Crippen molar-refractivity contribution in [2.75, 3.05) is 59.1 Å². The quantitative estimate of drug-likeness (QED) is 0.444. The number of carbonyl (C=O) groups is 1. The maximum atomic E-state index is 10.9. The standard InChI is InChI=1S/C12H25N3O3/c1-12(16)2-3-14-4-6-15(7-5-14)8-9-17-10-11-18-13/h2-11,13H2,1H3. The lowest BCUT2D eigenvalue weighted by Crippen LogP contribution is -2.47. The molecule has 0 aromatic rings. The van der Waals surface area contributed by atoms with Crippen LogP contribution in [0.4, 0.5) is 0 Å². The van der Waals surface area contributed by atoms with Gasteiger partial charge in [0.2, 0.25) is 0 Å². The molecule has 0 unspecified atom stereocenters. The van der Waals surface area contributed by atoms with Gasteiger partial charge in [0, 0.05) is 45.7 Å². The first kappa shape index (κ1) is 15.5. The van der Waals surface area contributed by atoms with Crippen LogP contribution in [-0.2, 0) is 14.4 Å². The molecule has 106 valence electrons. The van der Waals surface area contributed by atoms with Gasteiger partial charge in [-0.25, -0.2) is 5.90 Å². The molecule has 1 heterocycles. The number of nitrogens with two attached hydrogens (primary N) is 1.